The van der Waals surface area contributed by atoms with Gasteiger partial charge in [0.05, 0.1) is 0 Å². The Kier molecular flexibility index (Phi) is 7.74. The first kappa shape index (κ1) is 14.4. The third kappa shape index (κ3) is 16.5. The first-order valence-electron chi connectivity index (χ1n) is 3.19. The molecule has 0 aromatic carbocycles. The second-order valence-electron chi connectivity index (χ2n) is 1.91. The number of carbonyl (C=O) groups is 4. The molecule has 0 spiro atoms. The van der Waals surface area contributed by atoms with E-state index < -0.39 is 17.9 Å². The lowest BCUT2D eigenvalue weighted by Gasteiger charge is -1.92. The molecule has 0 aromatic heterocycles. The number of rotatable bonds is 2. The molecule has 0 bridgehead atoms. The van der Waals surface area contributed by atoms with E-state index in [1.807, 2.05) is 0 Å². The van der Waals surface area contributed by atoms with Gasteiger partial charge in [0.2, 0.25) is 5.91 Å². The molecule has 8 heteroatoms. The second-order valence-corrected chi connectivity index (χ2v) is 1.91. The summed E-state index contributed by atoms with van der Waals surface area (Å²) >= 11 is 0. The highest BCUT2D eigenvalue weighted by Crippen LogP contribution is 1.60. The summed E-state index contributed by atoms with van der Waals surface area (Å²) in [5.74, 6) is -5.00. The normalized spacial score (nSPS) is 7.79. The van der Waals surface area contributed by atoms with Gasteiger partial charge in [-0.25, -0.2) is 9.59 Å². The molecular weight excluding hydrogens is 198 g/mol. The third-order valence-corrected chi connectivity index (χ3v) is 0.672. The van der Waals surface area contributed by atoms with Crippen molar-refractivity contribution in [2.45, 2.75) is 6.92 Å². The molecule has 0 heterocycles. The van der Waals surface area contributed by atoms with E-state index in [-0.39, 0.29) is 12.5 Å². The summed E-state index contributed by atoms with van der Waals surface area (Å²) in [6, 6.07) is 0. The summed E-state index contributed by atoms with van der Waals surface area (Å²) in [6.45, 7) is 0.971. The molecule has 0 rings (SSSR count). The van der Waals surface area contributed by atoms with E-state index >= 15 is 0 Å². The van der Waals surface area contributed by atoms with Crippen molar-refractivity contribution < 1.29 is 34.5 Å². The zero-order chi connectivity index (χ0) is 11.7. The highest BCUT2D eigenvalue weighted by atomic mass is 16.4. The van der Waals surface area contributed by atoms with Crippen molar-refractivity contribution in [2.24, 2.45) is 0 Å². The lowest BCUT2D eigenvalue weighted by Crippen LogP contribution is -2.26. The Morgan fingerprint density at radius 3 is 1.43 bits per heavy atom. The van der Waals surface area contributed by atoms with Crippen molar-refractivity contribution >= 4 is 23.8 Å². The van der Waals surface area contributed by atoms with Gasteiger partial charge in [0.15, 0.2) is 0 Å². The summed E-state index contributed by atoms with van der Waals surface area (Å²) < 4.78 is 0. The highest BCUT2D eigenvalue weighted by Gasteiger charge is 2.04. The average molecular weight is 207 g/mol. The lowest BCUT2D eigenvalue weighted by atomic mass is 10.6. The number of carboxylic acid groups (broad SMARTS) is 3. The molecule has 80 valence electrons. The van der Waals surface area contributed by atoms with Gasteiger partial charge < -0.3 is 20.6 Å². The molecule has 0 aliphatic carbocycles. The van der Waals surface area contributed by atoms with E-state index in [2.05, 4.69) is 5.32 Å². The molecule has 0 atom stereocenters. The summed E-state index contributed by atoms with van der Waals surface area (Å²) in [7, 11) is 0. The zero-order valence-corrected chi connectivity index (χ0v) is 7.18. The number of hydrogen-bond acceptors (Lipinski definition) is 4. The molecule has 0 saturated carbocycles. The Labute approximate surface area is 78.1 Å². The zero-order valence-electron chi connectivity index (χ0n) is 7.18. The maximum absolute atomic E-state index is 9.97. The molecule has 0 fully saturated rings. The van der Waals surface area contributed by atoms with Gasteiger partial charge in [0.1, 0.15) is 6.54 Å². The van der Waals surface area contributed by atoms with Crippen LogP contribution in [0.15, 0.2) is 0 Å². The maximum atomic E-state index is 9.97. The van der Waals surface area contributed by atoms with Crippen LogP contribution in [0.4, 0.5) is 0 Å². The van der Waals surface area contributed by atoms with Crippen LogP contribution >= 0.6 is 0 Å². The fraction of sp³-hybridized carbons (Fsp3) is 0.333. The predicted octanol–water partition coefficient (Wildman–Crippen LogP) is -1.64. The van der Waals surface area contributed by atoms with Crippen LogP contribution in [-0.4, -0.2) is 45.7 Å². The van der Waals surface area contributed by atoms with E-state index in [9.17, 15) is 9.59 Å². The molecule has 4 N–H and O–H groups in total. The Balaban J connectivity index is 0. The van der Waals surface area contributed by atoms with Gasteiger partial charge in [-0.15, -0.1) is 0 Å². The first-order valence-corrected chi connectivity index (χ1v) is 3.19. The molecule has 0 saturated heterocycles. The van der Waals surface area contributed by atoms with Crippen molar-refractivity contribution in [3.63, 3.8) is 0 Å². The maximum Gasteiger partial charge on any atom is 0.414 e. The van der Waals surface area contributed by atoms with Crippen molar-refractivity contribution in [2.75, 3.05) is 6.54 Å². The molecule has 14 heavy (non-hydrogen) atoms. The topological polar surface area (TPSA) is 141 Å². The van der Waals surface area contributed by atoms with Gasteiger partial charge in [-0.05, 0) is 0 Å². The quantitative estimate of drug-likeness (QED) is 0.398. The van der Waals surface area contributed by atoms with Crippen LogP contribution in [0.3, 0.4) is 0 Å². The van der Waals surface area contributed by atoms with E-state index in [0.29, 0.717) is 0 Å². The fourth-order valence-electron chi connectivity index (χ4n) is 0.200. The van der Waals surface area contributed by atoms with Crippen LogP contribution in [0.25, 0.3) is 0 Å². The highest BCUT2D eigenvalue weighted by molar-refractivity contribution is 6.27. The van der Waals surface area contributed by atoms with Gasteiger partial charge in [0, 0.05) is 6.92 Å². The van der Waals surface area contributed by atoms with Gasteiger partial charge in [-0.2, -0.15) is 0 Å². The smallest absolute Gasteiger partial charge is 0.414 e. The number of amides is 1. The number of aliphatic carboxylic acids is 3. The first-order chi connectivity index (χ1) is 6.27. The molecule has 0 aliphatic heterocycles. The Morgan fingerprint density at radius 1 is 1.00 bits per heavy atom. The molecular formula is C6H9NO7. The monoisotopic (exact) mass is 207 g/mol. The molecule has 0 aromatic rings. The predicted molar refractivity (Wildman–Crippen MR) is 41.6 cm³/mol. The van der Waals surface area contributed by atoms with Gasteiger partial charge >= 0.3 is 17.9 Å². The van der Waals surface area contributed by atoms with Crippen LogP contribution in [0, 0.1) is 0 Å². The summed E-state index contributed by atoms with van der Waals surface area (Å²) in [6.07, 6.45) is 0. The SMILES string of the molecule is CC(=O)NCC(=O)O.O=C(O)C(=O)O. The van der Waals surface area contributed by atoms with E-state index in [1.54, 1.807) is 0 Å². The van der Waals surface area contributed by atoms with Gasteiger partial charge in [-0.3, -0.25) is 9.59 Å². The van der Waals surface area contributed by atoms with Crippen molar-refractivity contribution in [1.29, 1.82) is 0 Å². The van der Waals surface area contributed by atoms with Crippen LogP contribution in [0.2, 0.25) is 0 Å². The molecule has 0 aliphatic rings. The van der Waals surface area contributed by atoms with Crippen LogP contribution in [0.1, 0.15) is 6.92 Å². The minimum Gasteiger partial charge on any atom is -0.480 e. The summed E-state index contributed by atoms with van der Waals surface area (Å²) in [5, 5.41) is 24.8. The number of hydrogen-bond donors (Lipinski definition) is 4. The summed E-state index contributed by atoms with van der Waals surface area (Å²) in [5.41, 5.74) is 0. The third-order valence-electron chi connectivity index (χ3n) is 0.672. The van der Waals surface area contributed by atoms with Crippen molar-refractivity contribution in [1.82, 2.24) is 5.32 Å². The Hall–Kier alpha value is -2.12. The number of carboxylic acids is 3. The van der Waals surface area contributed by atoms with Crippen molar-refractivity contribution in [3.8, 4) is 0 Å². The van der Waals surface area contributed by atoms with Crippen LogP contribution in [-0.2, 0) is 19.2 Å². The van der Waals surface area contributed by atoms with Crippen LogP contribution in [0.5, 0.6) is 0 Å². The number of nitrogens with one attached hydrogen (secondary N) is 1. The van der Waals surface area contributed by atoms with Crippen molar-refractivity contribution in [3.05, 3.63) is 0 Å². The fourth-order valence-corrected chi connectivity index (χ4v) is 0.200. The van der Waals surface area contributed by atoms with Gasteiger partial charge in [0.25, 0.3) is 0 Å². The minimum absolute atomic E-state index is 0.296. The second kappa shape index (κ2) is 7.53. The van der Waals surface area contributed by atoms with E-state index in [1.165, 1.54) is 6.92 Å². The Morgan fingerprint density at radius 2 is 1.36 bits per heavy atom. The Bertz CT molecular complexity index is 221. The molecule has 8 nitrogen and oxygen atoms in total. The largest absolute Gasteiger partial charge is 0.480 e. The average Bonchev–Trinajstić information content (AvgIpc) is 2.01. The molecule has 0 radical (unpaired) electrons. The standard InChI is InChI=1S/C4H7NO3.C2H2O4/c1-3(6)5-2-4(7)8;3-1(4)2(5)6/h2H2,1H3,(H,5,6)(H,7,8);(H,3,4)(H,5,6). The van der Waals surface area contributed by atoms with E-state index in [4.69, 9.17) is 24.9 Å². The van der Waals surface area contributed by atoms with Crippen LogP contribution < -0.4 is 5.32 Å². The molecule has 1 amide bonds. The van der Waals surface area contributed by atoms with E-state index in [0.717, 1.165) is 0 Å². The summed E-state index contributed by atoms with van der Waals surface area (Å²) in [4.78, 5) is 37.9. The number of carbonyl (C=O) groups excluding carboxylic acids is 1. The molecule has 0 unspecified atom stereocenters. The minimum atomic E-state index is -1.82. The van der Waals surface area contributed by atoms with Gasteiger partial charge in [-0.1, -0.05) is 0 Å². The lowest BCUT2D eigenvalue weighted by molar-refractivity contribution is -0.159.